The van der Waals surface area contributed by atoms with Crippen LogP contribution < -0.4 is 10.6 Å². The zero-order valence-corrected chi connectivity index (χ0v) is 11.1. The highest BCUT2D eigenvalue weighted by molar-refractivity contribution is 6.31. The van der Waals surface area contributed by atoms with Crippen molar-refractivity contribution in [2.75, 3.05) is 25.2 Å². The number of benzene rings is 1. The number of hydrogen-bond acceptors (Lipinski definition) is 3. The third-order valence-electron chi connectivity index (χ3n) is 3.34. The van der Waals surface area contributed by atoms with Crippen LogP contribution in [0.1, 0.15) is 24.9 Å². The molecule has 2 atom stereocenters. The van der Waals surface area contributed by atoms with Gasteiger partial charge in [-0.1, -0.05) is 17.7 Å². The van der Waals surface area contributed by atoms with Crippen LogP contribution in [-0.2, 0) is 4.74 Å². The number of rotatable bonds is 3. The summed E-state index contributed by atoms with van der Waals surface area (Å²) in [7, 11) is 2.08. The number of ether oxygens (including phenoxy) is 1. The highest BCUT2D eigenvalue weighted by Crippen LogP contribution is 2.28. The second-order valence-corrected chi connectivity index (χ2v) is 5.03. The number of halogens is 1. The summed E-state index contributed by atoms with van der Waals surface area (Å²) in [5.74, 6) is 0. The van der Waals surface area contributed by atoms with Crippen LogP contribution in [-0.4, -0.2) is 26.3 Å². The molecule has 3 nitrogen and oxygen atoms in total. The summed E-state index contributed by atoms with van der Waals surface area (Å²) in [6, 6.07) is 6.49. The van der Waals surface area contributed by atoms with Crippen LogP contribution in [0.4, 0.5) is 5.69 Å². The predicted octanol–water partition coefficient (Wildman–Crippen LogP) is 2.58. The van der Waals surface area contributed by atoms with Crippen LogP contribution in [0.3, 0.4) is 0 Å². The molecular weight excluding hydrogens is 236 g/mol. The first-order valence-corrected chi connectivity index (χ1v) is 6.33. The van der Waals surface area contributed by atoms with Crippen LogP contribution >= 0.6 is 11.6 Å². The molecule has 1 saturated heterocycles. The Morgan fingerprint density at radius 3 is 2.82 bits per heavy atom. The van der Waals surface area contributed by atoms with Gasteiger partial charge in [0.1, 0.15) is 0 Å². The Balaban J connectivity index is 2.18. The van der Waals surface area contributed by atoms with E-state index in [2.05, 4.69) is 18.0 Å². The number of hydrogen-bond donors (Lipinski definition) is 1. The van der Waals surface area contributed by atoms with Gasteiger partial charge in [-0.05, 0) is 31.0 Å². The highest BCUT2D eigenvalue weighted by Gasteiger charge is 2.21. The molecule has 1 aliphatic heterocycles. The molecule has 17 heavy (non-hydrogen) atoms. The van der Waals surface area contributed by atoms with Crippen molar-refractivity contribution in [3.8, 4) is 0 Å². The van der Waals surface area contributed by atoms with Crippen LogP contribution in [0, 0.1) is 0 Å². The van der Waals surface area contributed by atoms with E-state index in [4.69, 9.17) is 22.1 Å². The Morgan fingerprint density at radius 1 is 1.53 bits per heavy atom. The van der Waals surface area contributed by atoms with Crippen LogP contribution in [0.5, 0.6) is 0 Å². The first-order valence-electron chi connectivity index (χ1n) is 5.95. The molecule has 1 fully saturated rings. The number of anilines is 1. The minimum absolute atomic E-state index is 0.0309. The Kier molecular flexibility index (Phi) is 3.92. The fourth-order valence-electron chi connectivity index (χ4n) is 2.14. The lowest BCUT2D eigenvalue weighted by Crippen LogP contribution is -2.31. The third-order valence-corrected chi connectivity index (χ3v) is 3.66. The van der Waals surface area contributed by atoms with Crippen molar-refractivity contribution >= 4 is 17.3 Å². The molecule has 1 heterocycles. The fraction of sp³-hybridized carbons (Fsp3) is 0.538. The smallest absolute Gasteiger partial charge is 0.0670 e. The molecule has 1 aromatic rings. The largest absolute Gasteiger partial charge is 0.379 e. The van der Waals surface area contributed by atoms with E-state index < -0.39 is 0 Å². The molecule has 0 spiro atoms. The van der Waals surface area contributed by atoms with Gasteiger partial charge in [0.15, 0.2) is 0 Å². The van der Waals surface area contributed by atoms with Gasteiger partial charge >= 0.3 is 0 Å². The minimum Gasteiger partial charge on any atom is -0.379 e. The number of nitrogens with two attached hydrogens (primary N) is 1. The standard InChI is InChI=1S/C13H19ClN2O/c1-9(15)12-4-3-10(7-13(12)14)16(2)11-5-6-17-8-11/h3-4,7,9,11H,5-6,8,15H2,1-2H3. The van der Waals surface area contributed by atoms with Crippen molar-refractivity contribution in [2.45, 2.75) is 25.4 Å². The predicted molar refractivity (Wildman–Crippen MR) is 71.7 cm³/mol. The average Bonchev–Trinajstić information content (AvgIpc) is 2.80. The SMILES string of the molecule is CC(N)c1ccc(N(C)C2CCOC2)cc1Cl. The molecule has 2 rings (SSSR count). The summed E-state index contributed by atoms with van der Waals surface area (Å²) >= 11 is 6.24. The summed E-state index contributed by atoms with van der Waals surface area (Å²) < 4.78 is 5.40. The molecule has 94 valence electrons. The van der Waals surface area contributed by atoms with Gasteiger partial charge < -0.3 is 15.4 Å². The van der Waals surface area contributed by atoms with E-state index in [1.807, 2.05) is 19.1 Å². The lowest BCUT2D eigenvalue weighted by molar-refractivity contribution is 0.193. The number of likely N-dealkylation sites (N-methyl/N-ethyl adjacent to an activating group) is 1. The van der Waals surface area contributed by atoms with Gasteiger partial charge in [-0.15, -0.1) is 0 Å². The molecule has 1 aliphatic rings. The molecule has 0 saturated carbocycles. The molecule has 0 aliphatic carbocycles. The van der Waals surface area contributed by atoms with Crippen molar-refractivity contribution in [1.29, 1.82) is 0 Å². The topological polar surface area (TPSA) is 38.5 Å². The first-order chi connectivity index (χ1) is 8.09. The maximum absolute atomic E-state index is 6.24. The highest BCUT2D eigenvalue weighted by atomic mass is 35.5. The van der Waals surface area contributed by atoms with E-state index in [0.717, 1.165) is 35.9 Å². The summed E-state index contributed by atoms with van der Waals surface area (Å²) in [6.07, 6.45) is 1.07. The van der Waals surface area contributed by atoms with Gasteiger partial charge in [0.25, 0.3) is 0 Å². The average molecular weight is 255 g/mol. The van der Waals surface area contributed by atoms with E-state index in [1.165, 1.54) is 0 Å². The van der Waals surface area contributed by atoms with E-state index >= 15 is 0 Å². The lowest BCUT2D eigenvalue weighted by Gasteiger charge is -2.26. The van der Waals surface area contributed by atoms with Gasteiger partial charge in [0.2, 0.25) is 0 Å². The zero-order valence-electron chi connectivity index (χ0n) is 10.3. The van der Waals surface area contributed by atoms with Crippen molar-refractivity contribution in [3.63, 3.8) is 0 Å². The Hall–Kier alpha value is -0.770. The summed E-state index contributed by atoms with van der Waals surface area (Å²) in [5.41, 5.74) is 7.96. The van der Waals surface area contributed by atoms with Crippen LogP contribution in [0.25, 0.3) is 0 Å². The maximum atomic E-state index is 6.24. The Morgan fingerprint density at radius 2 is 2.29 bits per heavy atom. The molecule has 2 unspecified atom stereocenters. The second-order valence-electron chi connectivity index (χ2n) is 4.62. The lowest BCUT2D eigenvalue weighted by atomic mass is 10.1. The zero-order chi connectivity index (χ0) is 12.4. The van der Waals surface area contributed by atoms with E-state index in [1.54, 1.807) is 0 Å². The van der Waals surface area contributed by atoms with Gasteiger partial charge in [-0.2, -0.15) is 0 Å². The van der Waals surface area contributed by atoms with Crippen molar-refractivity contribution in [3.05, 3.63) is 28.8 Å². The van der Waals surface area contributed by atoms with Crippen molar-refractivity contribution in [2.24, 2.45) is 5.73 Å². The molecule has 1 aromatic carbocycles. The maximum Gasteiger partial charge on any atom is 0.0670 e. The molecule has 0 radical (unpaired) electrons. The summed E-state index contributed by atoms with van der Waals surface area (Å²) in [5, 5.41) is 0.739. The second kappa shape index (κ2) is 5.25. The van der Waals surface area contributed by atoms with E-state index in [0.29, 0.717) is 6.04 Å². The van der Waals surface area contributed by atoms with E-state index in [9.17, 15) is 0 Å². The normalized spacial score (nSPS) is 21.5. The summed E-state index contributed by atoms with van der Waals surface area (Å²) in [6.45, 7) is 3.58. The van der Waals surface area contributed by atoms with E-state index in [-0.39, 0.29) is 6.04 Å². The number of nitrogens with zero attached hydrogens (tertiary/aromatic N) is 1. The molecule has 0 bridgehead atoms. The quantitative estimate of drug-likeness (QED) is 0.901. The van der Waals surface area contributed by atoms with Gasteiger partial charge in [0, 0.05) is 30.4 Å². The van der Waals surface area contributed by atoms with Crippen LogP contribution in [0.2, 0.25) is 5.02 Å². The van der Waals surface area contributed by atoms with Gasteiger partial charge in [-0.25, -0.2) is 0 Å². The minimum atomic E-state index is -0.0309. The summed E-state index contributed by atoms with van der Waals surface area (Å²) in [4.78, 5) is 2.23. The Bertz CT molecular complexity index is 389. The third kappa shape index (κ3) is 2.73. The van der Waals surface area contributed by atoms with Gasteiger partial charge in [-0.3, -0.25) is 0 Å². The Labute approximate surface area is 107 Å². The molecule has 0 amide bonds. The fourth-order valence-corrected chi connectivity index (χ4v) is 2.49. The van der Waals surface area contributed by atoms with Crippen molar-refractivity contribution < 1.29 is 4.74 Å². The van der Waals surface area contributed by atoms with Crippen LogP contribution in [0.15, 0.2) is 18.2 Å². The molecule has 2 N–H and O–H groups in total. The molecule has 4 heteroatoms. The van der Waals surface area contributed by atoms with Crippen molar-refractivity contribution in [1.82, 2.24) is 0 Å². The molecular formula is C13H19ClN2O. The molecule has 0 aromatic heterocycles. The first kappa shape index (κ1) is 12.7. The van der Waals surface area contributed by atoms with Gasteiger partial charge in [0.05, 0.1) is 12.6 Å². The monoisotopic (exact) mass is 254 g/mol.